The van der Waals surface area contributed by atoms with Crippen molar-refractivity contribution in [2.24, 2.45) is 0 Å². The van der Waals surface area contributed by atoms with E-state index in [0.29, 0.717) is 13.2 Å². The molecule has 1 aromatic rings. The summed E-state index contributed by atoms with van der Waals surface area (Å²) in [5.74, 6) is 2.48. The van der Waals surface area contributed by atoms with Gasteiger partial charge in [0.15, 0.2) is 0 Å². The van der Waals surface area contributed by atoms with E-state index < -0.39 is 0 Å². The molecular formula is C14H26N4O2. The zero-order valence-corrected chi connectivity index (χ0v) is 13.1. The van der Waals surface area contributed by atoms with Gasteiger partial charge in [-0.25, -0.2) is 9.97 Å². The highest BCUT2D eigenvalue weighted by Crippen LogP contribution is 2.19. The number of aryl methyl sites for hydroxylation is 1. The average molecular weight is 282 g/mol. The van der Waals surface area contributed by atoms with Crippen LogP contribution in [0.5, 0.6) is 0 Å². The van der Waals surface area contributed by atoms with Gasteiger partial charge >= 0.3 is 0 Å². The smallest absolute Gasteiger partial charge is 0.134 e. The normalized spacial score (nSPS) is 12.2. The first-order valence-electron chi connectivity index (χ1n) is 6.97. The lowest BCUT2D eigenvalue weighted by Gasteiger charge is -2.18. The van der Waals surface area contributed by atoms with E-state index in [9.17, 15) is 0 Å². The molecule has 0 radical (unpaired) electrons. The number of methoxy groups -OCH3 is 2. The summed E-state index contributed by atoms with van der Waals surface area (Å²) in [6.07, 6.45) is 1.06. The Morgan fingerprint density at radius 1 is 1.10 bits per heavy atom. The minimum atomic E-state index is 0.00159. The van der Waals surface area contributed by atoms with Gasteiger partial charge in [-0.2, -0.15) is 0 Å². The summed E-state index contributed by atoms with van der Waals surface area (Å²) in [5, 5.41) is 6.63. The van der Waals surface area contributed by atoms with Crippen molar-refractivity contribution in [3.05, 3.63) is 11.4 Å². The molecule has 0 aliphatic heterocycles. The van der Waals surface area contributed by atoms with Crippen molar-refractivity contribution in [3.63, 3.8) is 0 Å². The van der Waals surface area contributed by atoms with Crippen LogP contribution < -0.4 is 10.6 Å². The number of nitrogens with one attached hydrogen (secondary N) is 2. The summed E-state index contributed by atoms with van der Waals surface area (Å²) in [6.45, 7) is 8.13. The first-order valence-corrected chi connectivity index (χ1v) is 6.97. The molecule has 0 aliphatic carbocycles. The van der Waals surface area contributed by atoms with E-state index in [4.69, 9.17) is 9.47 Å². The van der Waals surface area contributed by atoms with Gasteiger partial charge in [-0.1, -0.05) is 6.92 Å². The van der Waals surface area contributed by atoms with Gasteiger partial charge in [-0.05, 0) is 20.3 Å². The van der Waals surface area contributed by atoms with Crippen LogP contribution in [0.1, 0.15) is 24.7 Å². The first kappa shape index (κ1) is 16.7. The lowest BCUT2D eigenvalue weighted by Crippen LogP contribution is -2.27. The molecule has 1 rings (SSSR count). The number of anilines is 2. The molecule has 0 saturated carbocycles. The molecule has 114 valence electrons. The molecule has 1 aromatic heterocycles. The Balaban J connectivity index is 2.75. The topological polar surface area (TPSA) is 68.3 Å². The highest BCUT2D eigenvalue weighted by molar-refractivity contribution is 5.57. The van der Waals surface area contributed by atoms with Gasteiger partial charge in [0.05, 0.1) is 12.7 Å². The summed E-state index contributed by atoms with van der Waals surface area (Å²) in [7, 11) is 3.34. The van der Waals surface area contributed by atoms with Crippen molar-refractivity contribution in [3.8, 4) is 0 Å². The number of aromatic nitrogens is 2. The van der Waals surface area contributed by atoms with Crippen LogP contribution in [-0.4, -0.2) is 50.0 Å². The van der Waals surface area contributed by atoms with E-state index in [1.807, 2.05) is 13.8 Å². The van der Waals surface area contributed by atoms with Crippen molar-refractivity contribution in [2.45, 2.75) is 33.3 Å². The maximum Gasteiger partial charge on any atom is 0.134 e. The van der Waals surface area contributed by atoms with Crippen LogP contribution in [0.2, 0.25) is 0 Å². The Morgan fingerprint density at radius 2 is 1.75 bits per heavy atom. The van der Waals surface area contributed by atoms with Crippen molar-refractivity contribution in [1.29, 1.82) is 0 Å². The molecule has 0 aliphatic rings. The zero-order chi connectivity index (χ0) is 15.0. The van der Waals surface area contributed by atoms with Crippen molar-refractivity contribution >= 4 is 11.6 Å². The molecule has 1 atom stereocenters. The number of nitrogens with zero attached hydrogens (tertiary/aromatic N) is 2. The molecule has 0 amide bonds. The summed E-state index contributed by atoms with van der Waals surface area (Å²) >= 11 is 0. The molecule has 6 heteroatoms. The van der Waals surface area contributed by atoms with Gasteiger partial charge in [-0.15, -0.1) is 0 Å². The zero-order valence-electron chi connectivity index (χ0n) is 13.1. The second-order valence-electron chi connectivity index (χ2n) is 4.71. The standard InChI is InChI=1S/C14H26N4O2/c1-6-7-15-13-10(2)14(18-11(3)17-13)16-8-12(20-5)9-19-4/h12H,6-9H2,1-5H3,(H2,15,16,17,18). The summed E-state index contributed by atoms with van der Waals surface area (Å²) in [4.78, 5) is 8.89. The van der Waals surface area contributed by atoms with E-state index in [2.05, 4.69) is 27.5 Å². The van der Waals surface area contributed by atoms with Crippen LogP contribution in [0, 0.1) is 13.8 Å². The molecule has 1 unspecified atom stereocenters. The number of ether oxygens (including phenoxy) is 2. The molecule has 0 aromatic carbocycles. The fourth-order valence-corrected chi connectivity index (χ4v) is 1.82. The van der Waals surface area contributed by atoms with E-state index in [1.54, 1.807) is 14.2 Å². The molecule has 0 spiro atoms. The van der Waals surface area contributed by atoms with Crippen molar-refractivity contribution < 1.29 is 9.47 Å². The fourth-order valence-electron chi connectivity index (χ4n) is 1.82. The Labute approximate surface area is 121 Å². The lowest BCUT2D eigenvalue weighted by molar-refractivity contribution is 0.0365. The van der Waals surface area contributed by atoms with Crippen LogP contribution >= 0.6 is 0 Å². The predicted octanol–water partition coefficient (Wildman–Crippen LogP) is 1.99. The first-order chi connectivity index (χ1) is 9.62. The highest BCUT2D eigenvalue weighted by atomic mass is 16.5. The predicted molar refractivity (Wildman–Crippen MR) is 81.4 cm³/mol. The lowest BCUT2D eigenvalue weighted by atomic mass is 10.2. The fraction of sp³-hybridized carbons (Fsp3) is 0.714. The maximum atomic E-state index is 5.33. The third-order valence-corrected chi connectivity index (χ3v) is 2.98. The third kappa shape index (κ3) is 4.94. The Bertz CT molecular complexity index is 412. The summed E-state index contributed by atoms with van der Waals surface area (Å²) in [6, 6.07) is 0. The van der Waals surface area contributed by atoms with Gasteiger partial charge in [0.25, 0.3) is 0 Å². The number of hydrogen-bond acceptors (Lipinski definition) is 6. The molecule has 0 saturated heterocycles. The summed E-state index contributed by atoms with van der Waals surface area (Å²) < 4.78 is 10.4. The Hall–Kier alpha value is -1.40. The van der Waals surface area contributed by atoms with E-state index >= 15 is 0 Å². The minimum Gasteiger partial charge on any atom is -0.382 e. The molecule has 1 heterocycles. The quantitative estimate of drug-likeness (QED) is 0.722. The van der Waals surface area contributed by atoms with Crippen LogP contribution in [0.4, 0.5) is 11.6 Å². The Morgan fingerprint density at radius 3 is 2.30 bits per heavy atom. The minimum absolute atomic E-state index is 0.00159. The molecule has 6 nitrogen and oxygen atoms in total. The second-order valence-corrected chi connectivity index (χ2v) is 4.71. The van der Waals surface area contributed by atoms with Crippen LogP contribution in [0.15, 0.2) is 0 Å². The van der Waals surface area contributed by atoms with Gasteiger partial charge < -0.3 is 20.1 Å². The van der Waals surface area contributed by atoms with Gasteiger partial charge in [0.2, 0.25) is 0 Å². The second kappa shape index (κ2) is 8.71. The largest absolute Gasteiger partial charge is 0.382 e. The molecule has 2 N–H and O–H groups in total. The van der Waals surface area contributed by atoms with Gasteiger partial charge in [-0.3, -0.25) is 0 Å². The Kier molecular flexibility index (Phi) is 7.25. The van der Waals surface area contributed by atoms with Crippen molar-refractivity contribution in [2.75, 3.05) is 44.5 Å². The molecular weight excluding hydrogens is 256 g/mol. The van der Waals surface area contributed by atoms with E-state index in [0.717, 1.165) is 36.0 Å². The van der Waals surface area contributed by atoms with Crippen LogP contribution in [0.25, 0.3) is 0 Å². The van der Waals surface area contributed by atoms with Crippen molar-refractivity contribution in [1.82, 2.24) is 9.97 Å². The van der Waals surface area contributed by atoms with Gasteiger partial charge in [0, 0.05) is 32.9 Å². The summed E-state index contributed by atoms with van der Waals surface area (Å²) in [5.41, 5.74) is 1.02. The third-order valence-electron chi connectivity index (χ3n) is 2.98. The number of hydrogen-bond donors (Lipinski definition) is 2. The average Bonchev–Trinajstić information content (AvgIpc) is 2.44. The van der Waals surface area contributed by atoms with Gasteiger partial charge in [0.1, 0.15) is 17.5 Å². The highest BCUT2D eigenvalue weighted by Gasteiger charge is 2.11. The maximum absolute atomic E-state index is 5.33. The molecule has 0 bridgehead atoms. The SMILES string of the molecule is CCCNc1nc(C)nc(NCC(COC)OC)c1C. The van der Waals surface area contributed by atoms with E-state index in [1.165, 1.54) is 0 Å². The monoisotopic (exact) mass is 282 g/mol. The van der Waals surface area contributed by atoms with E-state index in [-0.39, 0.29) is 6.10 Å². The molecule has 0 fully saturated rings. The molecule has 20 heavy (non-hydrogen) atoms. The van der Waals surface area contributed by atoms with Crippen LogP contribution in [0.3, 0.4) is 0 Å². The van der Waals surface area contributed by atoms with Crippen LogP contribution in [-0.2, 0) is 9.47 Å². The number of rotatable bonds is 9.